The Morgan fingerprint density at radius 2 is 1.96 bits per heavy atom. The maximum Gasteiger partial charge on any atom is 0.241 e. The molecule has 0 bridgehead atoms. The summed E-state index contributed by atoms with van der Waals surface area (Å²) >= 11 is 0. The van der Waals surface area contributed by atoms with E-state index in [4.69, 9.17) is 4.74 Å². The van der Waals surface area contributed by atoms with Crippen molar-refractivity contribution < 1.29 is 9.53 Å². The highest BCUT2D eigenvalue weighted by Gasteiger charge is 2.21. The molecule has 124 valence electrons. The van der Waals surface area contributed by atoms with Crippen LogP contribution < -0.4 is 15.4 Å². The fourth-order valence-corrected chi connectivity index (χ4v) is 2.32. The lowest BCUT2D eigenvalue weighted by Crippen LogP contribution is -2.35. The number of carbonyl (C=O) groups is 1. The molecule has 1 aliphatic heterocycles. The number of halogens is 2. The number of rotatable bonds is 4. The first-order chi connectivity index (χ1) is 10.3. The molecule has 0 radical (unpaired) electrons. The van der Waals surface area contributed by atoms with Gasteiger partial charge in [-0.2, -0.15) is 0 Å². The summed E-state index contributed by atoms with van der Waals surface area (Å²) in [5.41, 5.74) is 0.736. The number of nitrogens with zero attached hydrogens (tertiary/aromatic N) is 1. The van der Waals surface area contributed by atoms with Crippen molar-refractivity contribution in [3.63, 3.8) is 0 Å². The van der Waals surface area contributed by atoms with Crippen LogP contribution in [0.1, 0.15) is 12.8 Å². The number of carbonyl (C=O) groups excluding carboxylic acids is 1. The van der Waals surface area contributed by atoms with Crippen LogP contribution in [0, 0.1) is 0 Å². The van der Waals surface area contributed by atoms with Gasteiger partial charge in [-0.1, -0.05) is 6.07 Å². The summed E-state index contributed by atoms with van der Waals surface area (Å²) in [5, 5.41) is 6.10. The van der Waals surface area contributed by atoms with Crippen molar-refractivity contribution in [2.75, 3.05) is 11.9 Å². The van der Waals surface area contributed by atoms with E-state index in [1.54, 1.807) is 24.5 Å². The predicted molar refractivity (Wildman–Crippen MR) is 94.9 cm³/mol. The molecule has 1 atom stereocenters. The van der Waals surface area contributed by atoms with E-state index in [0.717, 1.165) is 25.1 Å². The van der Waals surface area contributed by atoms with Gasteiger partial charge in [0.2, 0.25) is 5.91 Å². The number of nitrogens with one attached hydrogen (secondary N) is 2. The van der Waals surface area contributed by atoms with Gasteiger partial charge >= 0.3 is 0 Å². The van der Waals surface area contributed by atoms with Gasteiger partial charge < -0.3 is 15.4 Å². The van der Waals surface area contributed by atoms with Crippen LogP contribution in [0.4, 0.5) is 5.69 Å². The Morgan fingerprint density at radius 1 is 1.17 bits per heavy atom. The van der Waals surface area contributed by atoms with E-state index in [0.29, 0.717) is 11.5 Å². The van der Waals surface area contributed by atoms with Crippen molar-refractivity contribution >= 4 is 36.4 Å². The summed E-state index contributed by atoms with van der Waals surface area (Å²) < 4.78 is 5.72. The van der Waals surface area contributed by atoms with Crippen LogP contribution in [0.15, 0.2) is 48.8 Å². The molecule has 1 fully saturated rings. The van der Waals surface area contributed by atoms with Crippen LogP contribution >= 0.6 is 24.8 Å². The smallest absolute Gasteiger partial charge is 0.241 e. The zero-order valence-corrected chi connectivity index (χ0v) is 14.0. The van der Waals surface area contributed by atoms with Crippen molar-refractivity contribution in [2.24, 2.45) is 0 Å². The molecule has 0 aliphatic carbocycles. The average Bonchev–Trinajstić information content (AvgIpc) is 3.03. The van der Waals surface area contributed by atoms with E-state index in [2.05, 4.69) is 15.6 Å². The SMILES string of the molecule is Cl.Cl.O=C(Nc1cccc(Oc2ccncc2)c1)C1CCCN1. The minimum absolute atomic E-state index is 0. The van der Waals surface area contributed by atoms with Gasteiger partial charge in [-0.25, -0.2) is 0 Å². The molecule has 1 aromatic carbocycles. The summed E-state index contributed by atoms with van der Waals surface area (Å²) in [5.74, 6) is 1.40. The highest BCUT2D eigenvalue weighted by Crippen LogP contribution is 2.23. The molecular formula is C16H19Cl2N3O2. The van der Waals surface area contributed by atoms with Crippen LogP contribution in [0.25, 0.3) is 0 Å². The average molecular weight is 356 g/mol. The number of hydrogen-bond donors (Lipinski definition) is 2. The summed E-state index contributed by atoms with van der Waals surface area (Å²) in [6.07, 6.45) is 5.28. The zero-order chi connectivity index (χ0) is 14.5. The van der Waals surface area contributed by atoms with Crippen LogP contribution in [-0.4, -0.2) is 23.5 Å². The molecule has 0 saturated carbocycles. The number of ether oxygens (including phenoxy) is 1. The first kappa shape index (κ1) is 19.2. The predicted octanol–water partition coefficient (Wildman–Crippen LogP) is 3.41. The van der Waals surface area contributed by atoms with Crippen molar-refractivity contribution in [3.05, 3.63) is 48.8 Å². The van der Waals surface area contributed by atoms with E-state index in [1.165, 1.54) is 0 Å². The van der Waals surface area contributed by atoms with Crippen molar-refractivity contribution in [2.45, 2.75) is 18.9 Å². The van der Waals surface area contributed by atoms with E-state index in [1.807, 2.05) is 24.3 Å². The largest absolute Gasteiger partial charge is 0.457 e. The Morgan fingerprint density at radius 3 is 2.65 bits per heavy atom. The lowest BCUT2D eigenvalue weighted by Gasteiger charge is -2.12. The molecule has 2 aromatic rings. The lowest BCUT2D eigenvalue weighted by atomic mass is 10.2. The van der Waals surface area contributed by atoms with Gasteiger partial charge in [-0.05, 0) is 43.7 Å². The van der Waals surface area contributed by atoms with Gasteiger partial charge in [0.15, 0.2) is 0 Å². The quantitative estimate of drug-likeness (QED) is 0.881. The number of anilines is 1. The van der Waals surface area contributed by atoms with Crippen LogP contribution in [0.3, 0.4) is 0 Å². The fourth-order valence-electron chi connectivity index (χ4n) is 2.32. The van der Waals surface area contributed by atoms with Crippen LogP contribution in [0.5, 0.6) is 11.5 Å². The topological polar surface area (TPSA) is 63.2 Å². The van der Waals surface area contributed by atoms with Gasteiger partial charge in [0, 0.05) is 24.1 Å². The fraction of sp³-hybridized carbons (Fsp3) is 0.250. The molecule has 23 heavy (non-hydrogen) atoms. The van der Waals surface area contributed by atoms with E-state index in [9.17, 15) is 4.79 Å². The molecule has 1 amide bonds. The van der Waals surface area contributed by atoms with Gasteiger partial charge in [0.25, 0.3) is 0 Å². The number of amides is 1. The number of aromatic nitrogens is 1. The molecular weight excluding hydrogens is 337 g/mol. The molecule has 2 heterocycles. The molecule has 5 nitrogen and oxygen atoms in total. The minimum atomic E-state index is -0.0882. The van der Waals surface area contributed by atoms with E-state index in [-0.39, 0.29) is 36.8 Å². The highest BCUT2D eigenvalue weighted by molar-refractivity contribution is 5.95. The molecule has 7 heteroatoms. The second kappa shape index (κ2) is 9.35. The summed E-state index contributed by atoms with van der Waals surface area (Å²) in [7, 11) is 0. The molecule has 1 saturated heterocycles. The van der Waals surface area contributed by atoms with Gasteiger partial charge in [0.1, 0.15) is 11.5 Å². The Labute approximate surface area is 147 Å². The third-order valence-corrected chi connectivity index (χ3v) is 3.36. The number of pyridine rings is 1. The molecule has 1 aliphatic rings. The Hall–Kier alpha value is -1.82. The van der Waals surface area contributed by atoms with Gasteiger partial charge in [0.05, 0.1) is 6.04 Å². The third kappa shape index (κ3) is 5.39. The molecule has 2 N–H and O–H groups in total. The Kier molecular flexibility index (Phi) is 7.81. The minimum Gasteiger partial charge on any atom is -0.457 e. The zero-order valence-electron chi connectivity index (χ0n) is 12.4. The van der Waals surface area contributed by atoms with Crippen molar-refractivity contribution in [3.8, 4) is 11.5 Å². The van der Waals surface area contributed by atoms with E-state index < -0.39 is 0 Å². The Balaban J connectivity index is 0.00000132. The summed E-state index contributed by atoms with van der Waals surface area (Å²) in [4.78, 5) is 16.0. The van der Waals surface area contributed by atoms with Crippen molar-refractivity contribution in [1.82, 2.24) is 10.3 Å². The van der Waals surface area contributed by atoms with Gasteiger partial charge in [-0.15, -0.1) is 24.8 Å². The number of benzene rings is 1. The van der Waals surface area contributed by atoms with E-state index >= 15 is 0 Å². The van der Waals surface area contributed by atoms with Crippen LogP contribution in [0.2, 0.25) is 0 Å². The molecule has 0 spiro atoms. The molecule has 1 aromatic heterocycles. The normalized spacial score (nSPS) is 15.9. The third-order valence-electron chi connectivity index (χ3n) is 3.36. The first-order valence-corrected chi connectivity index (χ1v) is 7.03. The monoisotopic (exact) mass is 355 g/mol. The van der Waals surface area contributed by atoms with Gasteiger partial charge in [-0.3, -0.25) is 9.78 Å². The molecule has 1 unspecified atom stereocenters. The van der Waals surface area contributed by atoms with Crippen LogP contribution in [-0.2, 0) is 4.79 Å². The van der Waals surface area contributed by atoms with Crippen molar-refractivity contribution in [1.29, 1.82) is 0 Å². The Bertz CT molecular complexity index is 620. The second-order valence-corrected chi connectivity index (χ2v) is 4.95. The second-order valence-electron chi connectivity index (χ2n) is 4.95. The standard InChI is InChI=1S/C16H17N3O2.2ClH/c20-16(15-5-2-8-18-15)19-12-3-1-4-14(11-12)21-13-6-9-17-10-7-13;;/h1,3-4,6-7,9-11,15,18H,2,5,8H2,(H,19,20);2*1H. The maximum absolute atomic E-state index is 12.1. The highest BCUT2D eigenvalue weighted by atomic mass is 35.5. The summed E-state index contributed by atoms with van der Waals surface area (Å²) in [6.45, 7) is 0.906. The maximum atomic E-state index is 12.1. The first-order valence-electron chi connectivity index (χ1n) is 7.03. The molecule has 3 rings (SSSR count). The summed E-state index contributed by atoms with van der Waals surface area (Å²) in [6, 6.07) is 10.9. The number of hydrogen-bond acceptors (Lipinski definition) is 4. The lowest BCUT2D eigenvalue weighted by molar-refractivity contribution is -0.117.